The number of carbonyl (C=O) groups excluding carboxylic acids is 2. The van der Waals surface area contributed by atoms with Gasteiger partial charge in [0.1, 0.15) is 23.0 Å². The fraction of sp³-hybridized carbons (Fsp3) is 0.222. The van der Waals surface area contributed by atoms with Crippen LogP contribution in [0, 0.1) is 5.82 Å². The third-order valence-corrected chi connectivity index (χ3v) is 6.56. The number of hydrogen-bond acceptors (Lipinski definition) is 4. The van der Waals surface area contributed by atoms with Crippen molar-refractivity contribution in [1.29, 1.82) is 0 Å². The molecule has 3 heterocycles. The van der Waals surface area contributed by atoms with Crippen LogP contribution in [0.25, 0.3) is 16.9 Å². The van der Waals surface area contributed by atoms with Crippen molar-refractivity contribution < 1.29 is 31.9 Å². The molecule has 1 saturated heterocycles. The van der Waals surface area contributed by atoms with E-state index in [9.17, 15) is 27.2 Å². The topological polar surface area (TPSA) is 106 Å². The lowest BCUT2D eigenvalue weighted by molar-refractivity contribution is -0.127. The number of aromatic amines is 1. The SMILES string of the molecule is NC(=O)c1c(-c2ccc(Oc3ccc(F)cc3)cc2)nc2c(C3CCN(C(=O)/C=C/C(F)(F)F)CC3)c[nH]n12. The number of amides is 2. The molecule has 1 fully saturated rings. The maximum atomic E-state index is 13.1. The molecule has 2 amide bonds. The van der Waals surface area contributed by atoms with E-state index in [2.05, 4.69) is 5.10 Å². The van der Waals surface area contributed by atoms with Crippen LogP contribution in [0.2, 0.25) is 0 Å². The molecular weight excluding hydrogens is 518 g/mol. The fourth-order valence-corrected chi connectivity index (χ4v) is 4.67. The molecule has 0 unspecified atom stereocenters. The molecule has 0 bridgehead atoms. The molecule has 0 radical (unpaired) electrons. The molecule has 1 aliphatic heterocycles. The number of alkyl halides is 3. The van der Waals surface area contributed by atoms with E-state index >= 15 is 0 Å². The van der Waals surface area contributed by atoms with Crippen LogP contribution in [-0.2, 0) is 4.79 Å². The number of halogens is 4. The number of piperidine rings is 1. The number of nitrogens with zero attached hydrogens (tertiary/aromatic N) is 3. The van der Waals surface area contributed by atoms with E-state index < -0.39 is 18.0 Å². The molecule has 0 aliphatic carbocycles. The molecule has 12 heteroatoms. The molecule has 5 rings (SSSR count). The summed E-state index contributed by atoms with van der Waals surface area (Å²) in [4.78, 5) is 30.6. The van der Waals surface area contributed by atoms with Gasteiger partial charge in [0.15, 0.2) is 11.3 Å². The molecule has 4 aromatic rings. The van der Waals surface area contributed by atoms with E-state index in [0.29, 0.717) is 47.3 Å². The zero-order valence-corrected chi connectivity index (χ0v) is 20.4. The van der Waals surface area contributed by atoms with Gasteiger partial charge in [-0.15, -0.1) is 0 Å². The Morgan fingerprint density at radius 2 is 1.64 bits per heavy atom. The second kappa shape index (κ2) is 10.3. The summed E-state index contributed by atoms with van der Waals surface area (Å²) in [5.41, 5.74) is 8.17. The lowest BCUT2D eigenvalue weighted by Crippen LogP contribution is -2.37. The highest BCUT2D eigenvalue weighted by Crippen LogP contribution is 2.34. The predicted octanol–water partition coefficient (Wildman–Crippen LogP) is 5.18. The van der Waals surface area contributed by atoms with Crippen molar-refractivity contribution in [3.63, 3.8) is 0 Å². The number of carbonyl (C=O) groups is 2. The Kier molecular flexibility index (Phi) is 6.85. The van der Waals surface area contributed by atoms with E-state index in [0.717, 1.165) is 5.56 Å². The number of likely N-dealkylation sites (tertiary alicyclic amines) is 1. The van der Waals surface area contributed by atoms with E-state index in [4.69, 9.17) is 15.5 Å². The van der Waals surface area contributed by atoms with E-state index in [1.54, 1.807) is 30.5 Å². The molecule has 0 spiro atoms. The van der Waals surface area contributed by atoms with Crippen LogP contribution in [0.5, 0.6) is 11.5 Å². The number of nitrogens with two attached hydrogens (primary N) is 1. The van der Waals surface area contributed by atoms with Gasteiger partial charge in [0.05, 0.1) is 0 Å². The number of primary amides is 1. The first-order valence-corrected chi connectivity index (χ1v) is 12.1. The number of rotatable bonds is 6. The number of nitrogens with one attached hydrogen (secondary N) is 1. The van der Waals surface area contributed by atoms with Gasteiger partial charge in [-0.25, -0.2) is 13.9 Å². The van der Waals surface area contributed by atoms with E-state index in [1.165, 1.54) is 33.7 Å². The Balaban J connectivity index is 1.35. The lowest BCUT2D eigenvalue weighted by Gasteiger charge is -2.31. The van der Waals surface area contributed by atoms with Crippen LogP contribution in [-0.4, -0.2) is 50.6 Å². The number of aromatic nitrogens is 3. The largest absolute Gasteiger partial charge is 0.457 e. The summed E-state index contributed by atoms with van der Waals surface area (Å²) in [5, 5.41) is 3.03. The Labute approximate surface area is 219 Å². The molecule has 0 atom stereocenters. The lowest BCUT2D eigenvalue weighted by atomic mass is 9.91. The predicted molar refractivity (Wildman–Crippen MR) is 134 cm³/mol. The number of hydrogen-bond donors (Lipinski definition) is 2. The summed E-state index contributed by atoms with van der Waals surface area (Å²) in [6.07, 6.45) is -1.30. The van der Waals surface area contributed by atoms with E-state index in [-0.39, 0.29) is 36.6 Å². The second-order valence-electron chi connectivity index (χ2n) is 9.12. The summed E-state index contributed by atoms with van der Waals surface area (Å²) in [6, 6.07) is 12.4. The molecular formula is C27H23F4N5O3. The molecule has 2 aromatic heterocycles. The van der Waals surface area contributed by atoms with Gasteiger partial charge in [0.25, 0.3) is 5.91 Å². The number of imidazole rings is 1. The third kappa shape index (κ3) is 5.64. The molecule has 202 valence electrons. The van der Waals surface area contributed by atoms with Crippen molar-refractivity contribution in [1.82, 2.24) is 19.5 Å². The van der Waals surface area contributed by atoms with Crippen molar-refractivity contribution in [3.8, 4) is 22.8 Å². The molecule has 0 saturated carbocycles. The van der Waals surface area contributed by atoms with Gasteiger partial charge in [-0.2, -0.15) is 13.2 Å². The summed E-state index contributed by atoms with van der Waals surface area (Å²) in [6.45, 7) is 0.573. The molecule has 3 N–H and O–H groups in total. The number of ether oxygens (including phenoxy) is 1. The maximum absolute atomic E-state index is 13.1. The summed E-state index contributed by atoms with van der Waals surface area (Å²) in [7, 11) is 0. The molecule has 39 heavy (non-hydrogen) atoms. The highest BCUT2D eigenvalue weighted by Gasteiger charge is 2.29. The van der Waals surface area contributed by atoms with Crippen LogP contribution < -0.4 is 10.5 Å². The van der Waals surface area contributed by atoms with Crippen molar-refractivity contribution in [2.24, 2.45) is 5.73 Å². The van der Waals surface area contributed by atoms with Crippen LogP contribution >= 0.6 is 0 Å². The van der Waals surface area contributed by atoms with Crippen molar-refractivity contribution in [2.45, 2.75) is 24.9 Å². The van der Waals surface area contributed by atoms with Crippen molar-refractivity contribution >= 4 is 17.5 Å². The van der Waals surface area contributed by atoms with Crippen LogP contribution in [0.1, 0.15) is 34.8 Å². The Morgan fingerprint density at radius 3 is 2.23 bits per heavy atom. The van der Waals surface area contributed by atoms with Gasteiger partial charge in [0.2, 0.25) is 5.91 Å². The van der Waals surface area contributed by atoms with Crippen LogP contribution in [0.4, 0.5) is 17.6 Å². The van der Waals surface area contributed by atoms with Gasteiger partial charge in [-0.05, 0) is 67.3 Å². The van der Waals surface area contributed by atoms with Crippen LogP contribution in [0.15, 0.2) is 66.9 Å². The van der Waals surface area contributed by atoms with Gasteiger partial charge in [-0.3, -0.25) is 14.7 Å². The summed E-state index contributed by atoms with van der Waals surface area (Å²) in [5.74, 6) is -0.806. The minimum absolute atomic E-state index is 0.0307. The van der Waals surface area contributed by atoms with Crippen molar-refractivity contribution in [3.05, 3.63) is 84.0 Å². The standard InChI is InChI=1S/C27H23F4N5O3/c28-18-3-7-20(8-4-18)39-19-5-1-17(2-6-19)23-24(25(32)38)36-26(34-23)21(15-33-36)16-10-13-35(14-11-16)22(37)9-12-27(29,30)31/h1-9,12,15-16,33H,10-11,13-14H2,(H2,32,38)/b12-9+. The molecule has 8 nitrogen and oxygen atoms in total. The zero-order chi connectivity index (χ0) is 27.7. The first kappa shape index (κ1) is 26.0. The van der Waals surface area contributed by atoms with Gasteiger partial charge >= 0.3 is 6.18 Å². The Hall–Kier alpha value is -4.61. The smallest absolute Gasteiger partial charge is 0.409 e. The maximum Gasteiger partial charge on any atom is 0.409 e. The summed E-state index contributed by atoms with van der Waals surface area (Å²) >= 11 is 0. The fourth-order valence-electron chi connectivity index (χ4n) is 4.67. The van der Waals surface area contributed by atoms with Gasteiger partial charge in [0, 0.05) is 42.6 Å². The highest BCUT2D eigenvalue weighted by atomic mass is 19.4. The highest BCUT2D eigenvalue weighted by molar-refractivity contribution is 5.98. The minimum atomic E-state index is -4.54. The Morgan fingerprint density at radius 1 is 1.03 bits per heavy atom. The van der Waals surface area contributed by atoms with E-state index in [1.807, 2.05) is 0 Å². The Bertz CT molecular complexity index is 1530. The van der Waals surface area contributed by atoms with Gasteiger partial charge < -0.3 is 15.4 Å². The third-order valence-electron chi connectivity index (χ3n) is 6.56. The number of fused-ring (bicyclic) bond motifs is 1. The zero-order valence-electron chi connectivity index (χ0n) is 20.4. The first-order valence-electron chi connectivity index (χ1n) is 12.1. The number of allylic oxidation sites excluding steroid dienone is 1. The normalized spacial score (nSPS) is 14.8. The average molecular weight is 542 g/mol. The average Bonchev–Trinajstić information content (AvgIpc) is 3.48. The monoisotopic (exact) mass is 541 g/mol. The second-order valence-corrected chi connectivity index (χ2v) is 9.12. The van der Waals surface area contributed by atoms with Crippen LogP contribution in [0.3, 0.4) is 0 Å². The molecule has 2 aromatic carbocycles. The summed E-state index contributed by atoms with van der Waals surface area (Å²) < 4.78 is 57.6. The number of H-pyrrole nitrogens is 1. The minimum Gasteiger partial charge on any atom is -0.457 e. The quantitative estimate of drug-likeness (QED) is 0.259. The number of benzene rings is 2. The molecule has 1 aliphatic rings. The van der Waals surface area contributed by atoms with Crippen molar-refractivity contribution in [2.75, 3.05) is 13.1 Å². The first-order chi connectivity index (χ1) is 18.6. The van der Waals surface area contributed by atoms with Gasteiger partial charge in [-0.1, -0.05) is 0 Å².